The van der Waals surface area contributed by atoms with Gasteiger partial charge in [-0.2, -0.15) is 5.54 Å². The maximum atomic E-state index is 11.3. The Morgan fingerprint density at radius 2 is 1.39 bits per heavy atom. The summed E-state index contributed by atoms with van der Waals surface area (Å²) in [4.78, 5) is 10.2. The second-order valence-corrected chi connectivity index (χ2v) is 1.82. The molecule has 0 saturated heterocycles. The lowest BCUT2D eigenvalue weighted by molar-refractivity contribution is -0.125. The van der Waals surface area contributed by atoms with Crippen LogP contribution in [0, 0.1) is 0 Å². The Morgan fingerprint density at radius 1 is 1.00 bits per heavy atom. The summed E-state index contributed by atoms with van der Waals surface area (Å²) in [5.41, 5.74) is 1.05. The SMILES string of the molecule is CCOCCCC(=O)NF.FF.FF.FF.FF. The van der Waals surface area contributed by atoms with Gasteiger partial charge in [-0.05, 0) is 13.3 Å². The van der Waals surface area contributed by atoms with Gasteiger partial charge in [0.1, 0.15) is 0 Å². The second kappa shape index (κ2) is 56.9. The number of halogens is 9. The molecule has 0 bridgehead atoms. The fourth-order valence-corrected chi connectivity index (χ4v) is 0.526. The fourth-order valence-electron chi connectivity index (χ4n) is 0.526. The van der Waals surface area contributed by atoms with Crippen LogP contribution >= 0.6 is 0 Å². The minimum Gasteiger partial charge on any atom is -0.382 e. The van der Waals surface area contributed by atoms with E-state index in [1.54, 1.807) is 0 Å². The summed E-state index contributed by atoms with van der Waals surface area (Å²) in [7, 11) is 0. The molecule has 0 aliphatic carbocycles. The first-order valence-electron chi connectivity index (χ1n) is 3.85. The van der Waals surface area contributed by atoms with Crippen molar-refractivity contribution in [2.24, 2.45) is 0 Å². The molecular formula is C6H12F9NO2. The number of carbonyl (C=O) groups excluding carboxylic acids is 1. The predicted octanol–water partition coefficient (Wildman–Crippen LogP) is 4.17. The summed E-state index contributed by atoms with van der Waals surface area (Å²) in [5, 5.41) is 0. The number of hydrogen-bond donors (Lipinski definition) is 1. The molecule has 0 saturated carbocycles. The first-order chi connectivity index (χ1) is 8.81. The van der Waals surface area contributed by atoms with E-state index in [0.29, 0.717) is 19.6 Å². The van der Waals surface area contributed by atoms with E-state index in [1.165, 1.54) is 0 Å². The molecule has 0 aromatic carbocycles. The molecule has 3 nitrogen and oxygen atoms in total. The smallest absolute Gasteiger partial charge is 0.247 e. The maximum Gasteiger partial charge on any atom is 0.247 e. The molecule has 18 heavy (non-hydrogen) atoms. The molecule has 1 N–H and O–H groups in total. The van der Waals surface area contributed by atoms with Gasteiger partial charge in [-0.15, -0.1) is 4.48 Å². The summed E-state index contributed by atoms with van der Waals surface area (Å²) >= 11 is 0. The van der Waals surface area contributed by atoms with E-state index in [1.807, 2.05) is 6.92 Å². The van der Waals surface area contributed by atoms with Gasteiger partial charge < -0.3 is 4.74 Å². The van der Waals surface area contributed by atoms with Crippen molar-refractivity contribution in [2.45, 2.75) is 19.8 Å². The van der Waals surface area contributed by atoms with Gasteiger partial charge in [-0.3, -0.25) is 4.79 Å². The molecule has 12 heteroatoms. The summed E-state index contributed by atoms with van der Waals surface area (Å²) in [6.07, 6.45) is 0.764. The zero-order valence-corrected chi connectivity index (χ0v) is 9.05. The highest BCUT2D eigenvalue weighted by Gasteiger charge is 1.97. The average molecular weight is 301 g/mol. The van der Waals surface area contributed by atoms with Crippen LogP contribution in [-0.4, -0.2) is 19.1 Å². The number of carbonyl (C=O) groups is 1. The quantitative estimate of drug-likeness (QED) is 0.470. The summed E-state index contributed by atoms with van der Waals surface area (Å²) < 4.78 is 80.2. The minimum absolute atomic E-state index is 0.191. The molecule has 0 unspecified atom stereocenters. The Balaban J connectivity index is -0.0000000596. The van der Waals surface area contributed by atoms with Crippen molar-refractivity contribution < 1.29 is 50.6 Å². The van der Waals surface area contributed by atoms with Crippen LogP contribution in [0.2, 0.25) is 0 Å². The lowest BCUT2D eigenvalue weighted by Crippen LogP contribution is -2.13. The molecule has 0 aromatic heterocycles. The molecule has 0 radical (unpaired) electrons. The Labute approximate surface area is 96.3 Å². The van der Waals surface area contributed by atoms with Crippen LogP contribution in [0.1, 0.15) is 19.8 Å². The van der Waals surface area contributed by atoms with Crippen molar-refractivity contribution in [3.05, 3.63) is 0 Å². The number of rotatable bonds is 5. The zero-order valence-electron chi connectivity index (χ0n) is 9.05. The third kappa shape index (κ3) is 61.0. The highest BCUT2D eigenvalue weighted by atomic mass is 20.0. The summed E-state index contributed by atoms with van der Waals surface area (Å²) in [5.74, 6) is -0.584. The average Bonchev–Trinajstić information content (AvgIpc) is 2.51. The topological polar surface area (TPSA) is 38.3 Å². The van der Waals surface area contributed by atoms with E-state index in [-0.39, 0.29) is 6.42 Å². The molecule has 0 rings (SSSR count). The van der Waals surface area contributed by atoms with Crippen LogP contribution in [0.3, 0.4) is 0 Å². The summed E-state index contributed by atoms with van der Waals surface area (Å²) in [6.45, 7) is 3.02. The number of nitrogens with one attached hydrogen (secondary N) is 1. The standard InChI is InChI=1S/C6H12FNO2.4F2/c1-2-10-5-3-4-6(9)8-7;4*1-2/h2-5H2,1H3,(H,8,9);;;;. The van der Waals surface area contributed by atoms with E-state index in [2.05, 4.69) is 0 Å². The molecule has 0 aliphatic rings. The third-order valence-electron chi connectivity index (χ3n) is 1.00. The van der Waals surface area contributed by atoms with Crippen molar-refractivity contribution in [3.8, 4) is 0 Å². The van der Waals surface area contributed by atoms with E-state index in [0.717, 1.165) is 5.54 Å². The fraction of sp³-hybridized carbons (Fsp3) is 0.833. The largest absolute Gasteiger partial charge is 0.382 e. The Bertz CT molecular complexity index is 111. The number of ether oxygens (including phenoxy) is 1. The van der Waals surface area contributed by atoms with Crippen molar-refractivity contribution in [2.75, 3.05) is 13.2 Å². The second-order valence-electron chi connectivity index (χ2n) is 1.82. The lowest BCUT2D eigenvalue weighted by atomic mass is 10.3. The van der Waals surface area contributed by atoms with Crippen molar-refractivity contribution in [1.82, 2.24) is 5.54 Å². The molecule has 116 valence electrons. The zero-order chi connectivity index (χ0) is 15.8. The Hall–Kier alpha value is -1.20. The van der Waals surface area contributed by atoms with Gasteiger partial charge in [0.25, 0.3) is 0 Å². The lowest BCUT2D eigenvalue weighted by Gasteiger charge is -1.97. The van der Waals surface area contributed by atoms with Gasteiger partial charge in [-0.25, -0.2) is 0 Å². The molecule has 0 heterocycles. The minimum atomic E-state index is -0.584. The van der Waals surface area contributed by atoms with Gasteiger partial charge in [0.15, 0.2) is 0 Å². The highest BCUT2D eigenvalue weighted by molar-refractivity contribution is 5.74. The van der Waals surface area contributed by atoms with Crippen molar-refractivity contribution >= 4 is 5.91 Å². The molecule has 0 aromatic rings. The summed E-state index contributed by atoms with van der Waals surface area (Å²) in [6, 6.07) is 0. The molecule has 0 fully saturated rings. The molecular weight excluding hydrogens is 289 g/mol. The van der Waals surface area contributed by atoms with Crippen LogP contribution in [0.4, 0.5) is 41.1 Å². The molecule has 1 amide bonds. The Kier molecular flexibility index (Phi) is 95.2. The van der Waals surface area contributed by atoms with Gasteiger partial charge in [0.2, 0.25) is 5.91 Å². The van der Waals surface area contributed by atoms with Crippen LogP contribution in [0.15, 0.2) is 0 Å². The monoisotopic (exact) mass is 301 g/mol. The van der Waals surface area contributed by atoms with Crippen molar-refractivity contribution in [1.29, 1.82) is 0 Å². The van der Waals surface area contributed by atoms with Gasteiger partial charge in [0.05, 0.1) is 0 Å². The maximum absolute atomic E-state index is 11.3. The van der Waals surface area contributed by atoms with Crippen LogP contribution in [0.5, 0.6) is 0 Å². The van der Waals surface area contributed by atoms with E-state index >= 15 is 0 Å². The van der Waals surface area contributed by atoms with Crippen LogP contribution < -0.4 is 5.54 Å². The van der Waals surface area contributed by atoms with Crippen LogP contribution in [-0.2, 0) is 9.53 Å². The first-order valence-corrected chi connectivity index (χ1v) is 3.85. The normalized spacial score (nSPS) is 6.56. The van der Waals surface area contributed by atoms with Crippen LogP contribution in [0.25, 0.3) is 0 Å². The molecule has 0 atom stereocenters. The van der Waals surface area contributed by atoms with E-state index < -0.39 is 5.91 Å². The van der Waals surface area contributed by atoms with Gasteiger partial charge in [0, 0.05) is 56.2 Å². The predicted molar refractivity (Wildman–Crippen MR) is 43.8 cm³/mol. The number of amides is 1. The van der Waals surface area contributed by atoms with Crippen molar-refractivity contribution in [3.63, 3.8) is 0 Å². The van der Waals surface area contributed by atoms with Gasteiger partial charge >= 0.3 is 0 Å². The molecule has 0 spiro atoms. The highest BCUT2D eigenvalue weighted by Crippen LogP contribution is 1.89. The first kappa shape index (κ1) is 30.1. The van der Waals surface area contributed by atoms with Gasteiger partial charge in [-0.1, -0.05) is 0 Å². The third-order valence-corrected chi connectivity index (χ3v) is 1.00. The van der Waals surface area contributed by atoms with E-state index in [4.69, 9.17) is 41.3 Å². The molecule has 0 aliphatic heterocycles. The van der Waals surface area contributed by atoms with E-state index in [9.17, 15) is 9.28 Å². The Morgan fingerprint density at radius 3 is 1.67 bits per heavy atom. The number of hydrogen-bond acceptors (Lipinski definition) is 2.